The molecule has 2 N–H and O–H groups in total. The average Bonchev–Trinajstić information content (AvgIpc) is 2.58. The summed E-state index contributed by atoms with van der Waals surface area (Å²) in [6.07, 6.45) is 0.927. The summed E-state index contributed by atoms with van der Waals surface area (Å²) in [6, 6.07) is 11.1. The van der Waals surface area contributed by atoms with Crippen LogP contribution in [0.15, 0.2) is 47.1 Å². The van der Waals surface area contributed by atoms with Gasteiger partial charge in [0.05, 0.1) is 5.92 Å². The molecule has 0 unspecified atom stereocenters. The minimum atomic E-state index is -0.651. The number of nitrogens with zero attached hydrogens (tertiary/aromatic N) is 2. The highest BCUT2D eigenvalue weighted by molar-refractivity contribution is 6.00. The summed E-state index contributed by atoms with van der Waals surface area (Å²) in [7, 11) is 0. The molecule has 0 saturated heterocycles. The minimum Gasteiger partial charge on any atom is -0.478 e. The third-order valence-electron chi connectivity index (χ3n) is 4.60. The SMILES string of the molecule is CC1(C)CC(=O)C2=C(C1)OC(N)=C(C#N)[C@H]2c1ccccc1OCC#N. The molecule has 1 aromatic carbocycles. The quantitative estimate of drug-likeness (QED) is 0.898. The third-order valence-corrected chi connectivity index (χ3v) is 4.60. The molecule has 1 heterocycles. The molecule has 0 saturated carbocycles. The van der Waals surface area contributed by atoms with E-state index in [1.165, 1.54) is 0 Å². The highest BCUT2D eigenvalue weighted by Gasteiger charge is 2.43. The van der Waals surface area contributed by atoms with E-state index in [0.29, 0.717) is 35.5 Å². The summed E-state index contributed by atoms with van der Waals surface area (Å²) in [5.74, 6) is 0.268. The Balaban J connectivity index is 2.18. The van der Waals surface area contributed by atoms with Crippen LogP contribution in [0.2, 0.25) is 0 Å². The number of allylic oxidation sites excluding steroid dienone is 3. The zero-order valence-electron chi connectivity index (χ0n) is 14.7. The molecule has 1 aliphatic heterocycles. The van der Waals surface area contributed by atoms with E-state index in [1.807, 2.05) is 19.9 Å². The summed E-state index contributed by atoms with van der Waals surface area (Å²) < 4.78 is 11.2. The molecule has 3 rings (SSSR count). The monoisotopic (exact) mass is 349 g/mol. The van der Waals surface area contributed by atoms with E-state index in [2.05, 4.69) is 6.07 Å². The van der Waals surface area contributed by atoms with Gasteiger partial charge in [-0.05, 0) is 11.5 Å². The summed E-state index contributed by atoms with van der Waals surface area (Å²) >= 11 is 0. The van der Waals surface area contributed by atoms with Crippen LogP contribution < -0.4 is 10.5 Å². The predicted molar refractivity (Wildman–Crippen MR) is 93.3 cm³/mol. The van der Waals surface area contributed by atoms with Gasteiger partial charge in [0.25, 0.3) is 0 Å². The predicted octanol–water partition coefficient (Wildman–Crippen LogP) is 3.04. The molecule has 0 bridgehead atoms. The van der Waals surface area contributed by atoms with Crippen molar-refractivity contribution in [1.82, 2.24) is 0 Å². The van der Waals surface area contributed by atoms with Crippen LogP contribution in [-0.2, 0) is 9.53 Å². The summed E-state index contributed by atoms with van der Waals surface area (Å²) in [6.45, 7) is 3.86. The molecule has 132 valence electrons. The Morgan fingerprint density at radius 3 is 2.73 bits per heavy atom. The normalized spacial score (nSPS) is 21.4. The first-order chi connectivity index (χ1) is 12.4. The lowest BCUT2D eigenvalue weighted by Gasteiger charge is -2.37. The second-order valence-electron chi connectivity index (χ2n) is 7.19. The molecule has 26 heavy (non-hydrogen) atoms. The van der Waals surface area contributed by atoms with E-state index in [1.54, 1.807) is 24.3 Å². The Bertz CT molecular complexity index is 913. The molecule has 6 nitrogen and oxygen atoms in total. The zero-order valence-corrected chi connectivity index (χ0v) is 14.7. The fourth-order valence-electron chi connectivity index (χ4n) is 3.56. The molecule has 1 aromatic rings. The van der Waals surface area contributed by atoms with E-state index < -0.39 is 5.92 Å². The van der Waals surface area contributed by atoms with Gasteiger partial charge in [-0.3, -0.25) is 4.79 Å². The molecule has 2 aliphatic rings. The van der Waals surface area contributed by atoms with Crippen molar-refractivity contribution < 1.29 is 14.3 Å². The van der Waals surface area contributed by atoms with Crippen molar-refractivity contribution in [3.63, 3.8) is 0 Å². The van der Waals surface area contributed by atoms with Crippen LogP contribution >= 0.6 is 0 Å². The maximum atomic E-state index is 12.9. The van der Waals surface area contributed by atoms with Crippen molar-refractivity contribution in [2.75, 3.05) is 6.61 Å². The number of benzene rings is 1. The minimum absolute atomic E-state index is 0.0110. The number of carbonyl (C=O) groups excluding carboxylic acids is 1. The van der Waals surface area contributed by atoms with Gasteiger partial charge in [-0.1, -0.05) is 32.0 Å². The number of ketones is 1. The molecule has 0 fully saturated rings. The number of nitrogens with two attached hydrogens (primary N) is 1. The van der Waals surface area contributed by atoms with Crippen LogP contribution in [0.25, 0.3) is 0 Å². The van der Waals surface area contributed by atoms with Crippen LogP contribution in [0.5, 0.6) is 5.75 Å². The highest BCUT2D eigenvalue weighted by Crippen LogP contribution is 2.49. The second kappa shape index (κ2) is 6.57. The van der Waals surface area contributed by atoms with Crippen LogP contribution in [0.3, 0.4) is 0 Å². The van der Waals surface area contributed by atoms with Gasteiger partial charge in [-0.25, -0.2) is 0 Å². The summed E-state index contributed by atoms with van der Waals surface area (Å²) in [4.78, 5) is 12.9. The number of para-hydroxylation sites is 1. The van der Waals surface area contributed by atoms with Gasteiger partial charge in [0.2, 0.25) is 5.88 Å². The lowest BCUT2D eigenvalue weighted by atomic mass is 9.70. The highest BCUT2D eigenvalue weighted by atomic mass is 16.5. The third kappa shape index (κ3) is 3.02. The number of Topliss-reactive ketones (excluding diaryl/α,β-unsaturated/α-hetero) is 1. The van der Waals surface area contributed by atoms with Crippen LogP contribution in [0, 0.1) is 28.1 Å². The van der Waals surface area contributed by atoms with Crippen molar-refractivity contribution in [3.8, 4) is 17.9 Å². The Hall–Kier alpha value is -3.25. The first-order valence-corrected chi connectivity index (χ1v) is 8.30. The summed E-state index contributed by atoms with van der Waals surface area (Å²) in [5, 5.41) is 18.5. The molecule has 0 amide bonds. The van der Waals surface area contributed by atoms with Crippen LogP contribution in [0.1, 0.15) is 38.2 Å². The molecular formula is C20H19N3O3. The topological polar surface area (TPSA) is 109 Å². The Kier molecular flexibility index (Phi) is 4.44. The van der Waals surface area contributed by atoms with E-state index in [9.17, 15) is 10.1 Å². The number of rotatable bonds is 3. The van der Waals surface area contributed by atoms with Crippen LogP contribution in [0.4, 0.5) is 0 Å². The van der Waals surface area contributed by atoms with Crippen molar-refractivity contribution in [1.29, 1.82) is 10.5 Å². The zero-order chi connectivity index (χ0) is 18.9. The fraction of sp³-hybridized carbons (Fsp3) is 0.350. The number of hydrogen-bond acceptors (Lipinski definition) is 6. The van der Waals surface area contributed by atoms with Crippen molar-refractivity contribution >= 4 is 5.78 Å². The number of hydrogen-bond donors (Lipinski definition) is 1. The first kappa shape index (κ1) is 17.6. The number of carbonyl (C=O) groups is 1. The molecule has 0 aromatic heterocycles. The lowest BCUT2D eigenvalue weighted by Crippen LogP contribution is -2.33. The fourth-order valence-corrected chi connectivity index (χ4v) is 3.56. The first-order valence-electron chi connectivity index (χ1n) is 8.30. The average molecular weight is 349 g/mol. The van der Waals surface area contributed by atoms with E-state index in [4.69, 9.17) is 20.5 Å². The Morgan fingerprint density at radius 2 is 2.04 bits per heavy atom. The van der Waals surface area contributed by atoms with E-state index in [0.717, 1.165) is 0 Å². The number of nitriles is 2. The van der Waals surface area contributed by atoms with Crippen LogP contribution in [-0.4, -0.2) is 12.4 Å². The second-order valence-corrected chi connectivity index (χ2v) is 7.19. The van der Waals surface area contributed by atoms with E-state index >= 15 is 0 Å². The van der Waals surface area contributed by atoms with Gasteiger partial charge < -0.3 is 15.2 Å². The molecular weight excluding hydrogens is 330 g/mol. The Labute approximate surface area is 152 Å². The van der Waals surface area contributed by atoms with Gasteiger partial charge in [0, 0.05) is 24.0 Å². The van der Waals surface area contributed by atoms with Gasteiger partial charge in [0.15, 0.2) is 12.4 Å². The Morgan fingerprint density at radius 1 is 1.31 bits per heavy atom. The maximum Gasteiger partial charge on any atom is 0.205 e. The summed E-state index contributed by atoms with van der Waals surface area (Å²) in [5.41, 5.74) is 7.05. The lowest BCUT2D eigenvalue weighted by molar-refractivity contribution is -0.119. The van der Waals surface area contributed by atoms with Crippen molar-refractivity contribution in [3.05, 3.63) is 52.6 Å². The largest absolute Gasteiger partial charge is 0.478 e. The van der Waals surface area contributed by atoms with Gasteiger partial charge >= 0.3 is 0 Å². The van der Waals surface area contributed by atoms with Crippen molar-refractivity contribution in [2.24, 2.45) is 11.1 Å². The maximum absolute atomic E-state index is 12.9. The standard InChI is InChI=1S/C20H19N3O3/c1-20(2)9-14(24)18-16(10-20)26-19(23)13(11-22)17(18)12-5-3-4-6-15(12)25-8-7-21/h3-6,17H,8-10,23H2,1-2H3/t17-/m1/s1. The molecule has 1 aliphatic carbocycles. The molecule has 0 spiro atoms. The van der Waals surface area contributed by atoms with Gasteiger partial charge in [0.1, 0.15) is 29.2 Å². The molecule has 6 heteroatoms. The van der Waals surface area contributed by atoms with Gasteiger partial charge in [-0.15, -0.1) is 0 Å². The van der Waals surface area contributed by atoms with Crippen molar-refractivity contribution in [2.45, 2.75) is 32.6 Å². The number of ether oxygens (including phenoxy) is 2. The smallest absolute Gasteiger partial charge is 0.205 e. The molecule has 0 radical (unpaired) electrons. The van der Waals surface area contributed by atoms with Gasteiger partial charge in [-0.2, -0.15) is 10.5 Å². The van der Waals surface area contributed by atoms with E-state index in [-0.39, 0.29) is 29.3 Å². The molecule has 1 atom stereocenters.